The lowest BCUT2D eigenvalue weighted by molar-refractivity contribution is 0.563. The van der Waals surface area contributed by atoms with Gasteiger partial charge in [-0.25, -0.2) is 9.97 Å². The number of rotatable bonds is 2. The fraction of sp³-hybridized carbons (Fsp3) is 0.400. The topological polar surface area (TPSA) is 30.7 Å². The first-order valence-corrected chi connectivity index (χ1v) is 6.32. The number of fused-ring (bicyclic) bond motifs is 1. The lowest BCUT2D eigenvalue weighted by atomic mass is 10.4. The molecule has 0 atom stereocenters. The maximum absolute atomic E-state index is 6.08. The van der Waals surface area contributed by atoms with Gasteiger partial charge in [0.05, 0.1) is 5.02 Å². The fourth-order valence-electron chi connectivity index (χ4n) is 1.55. The van der Waals surface area contributed by atoms with Crippen molar-refractivity contribution in [2.24, 2.45) is 0 Å². The Kier molecular flexibility index (Phi) is 2.89. The first-order valence-electron chi connectivity index (χ1n) is 4.71. The number of aromatic nitrogens is 3. The Morgan fingerprint density at radius 3 is 2.80 bits per heavy atom. The molecule has 0 spiro atoms. The zero-order chi connectivity index (χ0) is 11.0. The van der Waals surface area contributed by atoms with Crippen LogP contribution in [0.3, 0.4) is 0 Å². The average molecular weight is 242 g/mol. The highest BCUT2D eigenvalue weighted by Crippen LogP contribution is 2.28. The van der Waals surface area contributed by atoms with Crippen LogP contribution in [0.2, 0.25) is 5.02 Å². The van der Waals surface area contributed by atoms with Crippen molar-refractivity contribution in [2.75, 3.05) is 6.26 Å². The van der Waals surface area contributed by atoms with Crippen molar-refractivity contribution in [2.45, 2.75) is 25.0 Å². The zero-order valence-corrected chi connectivity index (χ0v) is 10.4. The second-order valence-corrected chi connectivity index (χ2v) is 4.71. The molecule has 15 heavy (non-hydrogen) atoms. The highest BCUT2D eigenvalue weighted by atomic mass is 35.5. The van der Waals surface area contributed by atoms with E-state index in [1.54, 1.807) is 24.0 Å². The number of pyridine rings is 1. The van der Waals surface area contributed by atoms with Gasteiger partial charge in [0.25, 0.3) is 0 Å². The van der Waals surface area contributed by atoms with Crippen LogP contribution in [0.15, 0.2) is 17.4 Å². The van der Waals surface area contributed by atoms with Gasteiger partial charge in [-0.1, -0.05) is 23.4 Å². The van der Waals surface area contributed by atoms with E-state index >= 15 is 0 Å². The lowest BCUT2D eigenvalue weighted by Crippen LogP contribution is -2.02. The Balaban J connectivity index is 2.80. The van der Waals surface area contributed by atoms with Gasteiger partial charge in [0.15, 0.2) is 10.8 Å². The normalized spacial score (nSPS) is 11.5. The third kappa shape index (κ3) is 1.72. The minimum atomic E-state index is 0.336. The number of thioether (sulfide) groups is 1. The van der Waals surface area contributed by atoms with Crippen LogP contribution in [0.4, 0.5) is 0 Å². The third-order valence-corrected chi connectivity index (χ3v) is 3.15. The zero-order valence-electron chi connectivity index (χ0n) is 8.86. The maximum atomic E-state index is 6.08. The first-order chi connectivity index (χ1) is 7.15. The quantitative estimate of drug-likeness (QED) is 0.756. The summed E-state index contributed by atoms with van der Waals surface area (Å²) in [6.45, 7) is 4.23. The molecule has 0 saturated heterocycles. The third-order valence-electron chi connectivity index (χ3n) is 2.20. The largest absolute Gasteiger partial charge is 0.301 e. The molecule has 3 nitrogen and oxygen atoms in total. The van der Waals surface area contributed by atoms with Gasteiger partial charge in [-0.3, -0.25) is 0 Å². The molecular weight excluding hydrogens is 230 g/mol. The number of nitrogens with zero attached hydrogens (tertiary/aromatic N) is 3. The number of imidazole rings is 1. The minimum Gasteiger partial charge on any atom is -0.301 e. The molecule has 0 unspecified atom stereocenters. The molecule has 0 radical (unpaired) electrons. The van der Waals surface area contributed by atoms with E-state index in [2.05, 4.69) is 28.4 Å². The second kappa shape index (κ2) is 4.02. The van der Waals surface area contributed by atoms with E-state index in [-0.39, 0.29) is 0 Å². The van der Waals surface area contributed by atoms with Crippen molar-refractivity contribution in [3.8, 4) is 0 Å². The van der Waals surface area contributed by atoms with Crippen molar-refractivity contribution in [3.05, 3.63) is 17.3 Å². The van der Waals surface area contributed by atoms with Crippen LogP contribution < -0.4 is 0 Å². The highest BCUT2D eigenvalue weighted by Gasteiger charge is 2.15. The Morgan fingerprint density at radius 1 is 1.47 bits per heavy atom. The Morgan fingerprint density at radius 2 is 2.20 bits per heavy atom. The summed E-state index contributed by atoms with van der Waals surface area (Å²) in [4.78, 5) is 8.82. The molecule has 0 bridgehead atoms. The van der Waals surface area contributed by atoms with Crippen molar-refractivity contribution < 1.29 is 0 Å². The van der Waals surface area contributed by atoms with Gasteiger partial charge in [0.1, 0.15) is 5.52 Å². The van der Waals surface area contributed by atoms with E-state index in [0.717, 1.165) is 16.3 Å². The summed E-state index contributed by atoms with van der Waals surface area (Å²) in [7, 11) is 0. The summed E-state index contributed by atoms with van der Waals surface area (Å²) in [5.41, 5.74) is 1.65. The summed E-state index contributed by atoms with van der Waals surface area (Å²) in [5.74, 6) is 0. The van der Waals surface area contributed by atoms with Gasteiger partial charge in [0, 0.05) is 12.2 Å². The summed E-state index contributed by atoms with van der Waals surface area (Å²) >= 11 is 7.69. The standard InChI is InChI=1S/C10H12ClN3S/c1-6(2)14-9-8(13-10(14)15-3)7(11)4-5-12-9/h4-6H,1-3H3. The van der Waals surface area contributed by atoms with E-state index in [1.165, 1.54) is 0 Å². The Labute approximate surface area is 97.9 Å². The average Bonchev–Trinajstić information content (AvgIpc) is 2.57. The van der Waals surface area contributed by atoms with Crippen LogP contribution in [0.25, 0.3) is 11.2 Å². The molecule has 0 aliphatic heterocycles. The van der Waals surface area contributed by atoms with E-state index < -0.39 is 0 Å². The number of halogens is 1. The van der Waals surface area contributed by atoms with Gasteiger partial charge in [-0.05, 0) is 26.2 Å². The first kappa shape index (κ1) is 10.8. The molecule has 0 N–H and O–H groups in total. The van der Waals surface area contributed by atoms with Gasteiger partial charge in [0.2, 0.25) is 0 Å². The molecule has 0 amide bonds. The predicted octanol–water partition coefficient (Wildman–Crippen LogP) is 3.39. The molecule has 0 aliphatic carbocycles. The number of hydrogen-bond acceptors (Lipinski definition) is 3. The van der Waals surface area contributed by atoms with Crippen LogP contribution in [-0.4, -0.2) is 20.8 Å². The molecule has 0 aromatic carbocycles. The smallest absolute Gasteiger partial charge is 0.170 e. The molecule has 0 saturated carbocycles. The van der Waals surface area contributed by atoms with Crippen molar-refractivity contribution in [1.29, 1.82) is 0 Å². The predicted molar refractivity (Wildman–Crippen MR) is 64.7 cm³/mol. The van der Waals surface area contributed by atoms with Crippen molar-refractivity contribution in [3.63, 3.8) is 0 Å². The molecule has 0 fully saturated rings. The SMILES string of the molecule is CSc1nc2c(Cl)ccnc2n1C(C)C. The van der Waals surface area contributed by atoms with E-state index in [9.17, 15) is 0 Å². The maximum Gasteiger partial charge on any atom is 0.170 e. The monoisotopic (exact) mass is 241 g/mol. The van der Waals surface area contributed by atoms with Gasteiger partial charge < -0.3 is 4.57 Å². The lowest BCUT2D eigenvalue weighted by Gasteiger charge is -2.10. The Bertz CT molecular complexity index is 493. The van der Waals surface area contributed by atoms with Gasteiger partial charge >= 0.3 is 0 Å². The van der Waals surface area contributed by atoms with E-state index in [0.29, 0.717) is 11.1 Å². The Hall–Kier alpha value is -0.740. The molecule has 2 aromatic heterocycles. The van der Waals surface area contributed by atoms with Crippen LogP contribution in [0.1, 0.15) is 19.9 Å². The molecule has 80 valence electrons. The molecule has 2 heterocycles. The number of hydrogen-bond donors (Lipinski definition) is 0. The van der Waals surface area contributed by atoms with Gasteiger partial charge in [-0.15, -0.1) is 0 Å². The molecular formula is C10H12ClN3S. The highest BCUT2D eigenvalue weighted by molar-refractivity contribution is 7.98. The molecule has 5 heteroatoms. The van der Waals surface area contributed by atoms with Crippen molar-refractivity contribution in [1.82, 2.24) is 14.5 Å². The molecule has 2 aromatic rings. The second-order valence-electron chi connectivity index (χ2n) is 3.53. The fourth-order valence-corrected chi connectivity index (χ4v) is 2.41. The van der Waals surface area contributed by atoms with E-state index in [1.807, 2.05) is 6.26 Å². The van der Waals surface area contributed by atoms with Crippen molar-refractivity contribution >= 4 is 34.5 Å². The summed E-state index contributed by atoms with van der Waals surface area (Å²) in [5, 5.41) is 1.62. The van der Waals surface area contributed by atoms with E-state index in [4.69, 9.17) is 11.6 Å². The summed E-state index contributed by atoms with van der Waals surface area (Å²) < 4.78 is 2.10. The molecule has 2 rings (SSSR count). The van der Waals surface area contributed by atoms with Gasteiger partial charge in [-0.2, -0.15) is 0 Å². The molecule has 0 aliphatic rings. The minimum absolute atomic E-state index is 0.336. The summed E-state index contributed by atoms with van der Waals surface area (Å²) in [6.07, 6.45) is 3.73. The van der Waals surface area contributed by atoms with Crippen LogP contribution in [0.5, 0.6) is 0 Å². The summed E-state index contributed by atoms with van der Waals surface area (Å²) in [6, 6.07) is 2.11. The van der Waals surface area contributed by atoms with Crippen LogP contribution in [0, 0.1) is 0 Å². The van der Waals surface area contributed by atoms with Crippen LogP contribution in [-0.2, 0) is 0 Å². The van der Waals surface area contributed by atoms with Crippen LogP contribution >= 0.6 is 23.4 Å².